The number of fused-ring (bicyclic) bond motifs is 3. The molecule has 0 saturated carbocycles. The van der Waals surface area contributed by atoms with Gasteiger partial charge in [0.15, 0.2) is 0 Å². The summed E-state index contributed by atoms with van der Waals surface area (Å²) >= 11 is 0. The van der Waals surface area contributed by atoms with Crippen molar-refractivity contribution in [2.75, 3.05) is 10.0 Å². The lowest BCUT2D eigenvalue weighted by Crippen LogP contribution is -2.30. The van der Waals surface area contributed by atoms with E-state index < -0.39 is 10.0 Å². The van der Waals surface area contributed by atoms with Gasteiger partial charge in [-0.1, -0.05) is 48.0 Å². The van der Waals surface area contributed by atoms with E-state index in [1.54, 1.807) is 6.07 Å². The van der Waals surface area contributed by atoms with Gasteiger partial charge >= 0.3 is 0 Å². The third-order valence-corrected chi connectivity index (χ3v) is 8.41. The van der Waals surface area contributed by atoms with Crippen molar-refractivity contribution in [2.45, 2.75) is 51.0 Å². The zero-order valence-corrected chi connectivity index (χ0v) is 20.3. The van der Waals surface area contributed by atoms with Gasteiger partial charge < -0.3 is 5.32 Å². The van der Waals surface area contributed by atoms with E-state index in [-0.39, 0.29) is 12.0 Å². The number of hydrogen-bond acceptors (Lipinski definition) is 3. The maximum atomic E-state index is 13.3. The summed E-state index contributed by atoms with van der Waals surface area (Å²) in [6.45, 7) is 8.16. The largest absolute Gasteiger partial charge is 0.378 e. The number of allylic oxidation sites excluding steroid dienone is 2. The van der Waals surface area contributed by atoms with Gasteiger partial charge in [0.25, 0.3) is 10.0 Å². The van der Waals surface area contributed by atoms with Crippen molar-refractivity contribution in [1.82, 2.24) is 0 Å². The third-order valence-electron chi connectivity index (χ3n) is 7.05. The van der Waals surface area contributed by atoms with Crippen molar-refractivity contribution < 1.29 is 8.42 Å². The molecule has 33 heavy (non-hydrogen) atoms. The van der Waals surface area contributed by atoms with E-state index in [0.29, 0.717) is 16.5 Å². The molecule has 0 unspecified atom stereocenters. The predicted octanol–water partition coefficient (Wildman–Crippen LogP) is 6.55. The Bertz CT molecular complexity index is 1370. The normalized spacial score (nSPS) is 21.3. The van der Waals surface area contributed by atoms with Crippen LogP contribution in [-0.2, 0) is 10.0 Å². The molecule has 3 atom stereocenters. The van der Waals surface area contributed by atoms with Crippen LogP contribution in [0.1, 0.15) is 51.8 Å². The molecule has 1 aliphatic heterocycles. The average Bonchev–Trinajstić information content (AvgIpc) is 3.27. The number of nitrogens with one attached hydrogen (secondary N) is 2. The van der Waals surface area contributed by atoms with Gasteiger partial charge in [-0.25, -0.2) is 8.42 Å². The molecular formula is C28H30N2O2S. The van der Waals surface area contributed by atoms with E-state index in [1.807, 2.05) is 44.2 Å². The number of sulfonamides is 1. The molecule has 4 nitrogen and oxygen atoms in total. The summed E-state index contributed by atoms with van der Waals surface area (Å²) in [5.41, 5.74) is 8.47. The highest BCUT2D eigenvalue weighted by Crippen LogP contribution is 2.50. The highest BCUT2D eigenvalue weighted by molar-refractivity contribution is 7.92. The van der Waals surface area contributed by atoms with Gasteiger partial charge in [-0.2, -0.15) is 0 Å². The molecule has 5 rings (SSSR count). The fourth-order valence-corrected chi connectivity index (χ4v) is 6.35. The van der Waals surface area contributed by atoms with Gasteiger partial charge in [0.1, 0.15) is 0 Å². The van der Waals surface area contributed by atoms with Crippen LogP contribution in [0.2, 0.25) is 0 Å². The summed E-state index contributed by atoms with van der Waals surface area (Å²) in [5.74, 6) is 0.560. The quantitative estimate of drug-likeness (QED) is 0.436. The molecule has 1 heterocycles. The van der Waals surface area contributed by atoms with Crippen LogP contribution in [0.5, 0.6) is 0 Å². The van der Waals surface area contributed by atoms with Gasteiger partial charge in [0.2, 0.25) is 0 Å². The van der Waals surface area contributed by atoms with E-state index in [0.717, 1.165) is 28.8 Å². The average molecular weight is 459 g/mol. The first-order chi connectivity index (χ1) is 15.7. The number of benzene rings is 3. The second-order valence-electron chi connectivity index (χ2n) is 9.51. The molecule has 0 bridgehead atoms. The highest BCUT2D eigenvalue weighted by atomic mass is 32.2. The highest BCUT2D eigenvalue weighted by Gasteiger charge is 2.39. The van der Waals surface area contributed by atoms with E-state index in [1.165, 1.54) is 16.7 Å². The van der Waals surface area contributed by atoms with Crippen LogP contribution in [-0.4, -0.2) is 8.42 Å². The van der Waals surface area contributed by atoms with Crippen LogP contribution in [0.4, 0.5) is 11.4 Å². The SMILES string of the molecule is Cc1ccc(C)c(NS(=O)(=O)c2ccc3c(c2)[C@H]2C=CC[C@H]2[C@@H](c2cc(C)ccc2C)N3)c1. The Balaban J connectivity index is 1.52. The van der Waals surface area contributed by atoms with E-state index in [2.05, 4.69) is 54.2 Å². The first-order valence-electron chi connectivity index (χ1n) is 11.5. The summed E-state index contributed by atoms with van der Waals surface area (Å²) in [6, 6.07) is 18.1. The van der Waals surface area contributed by atoms with Gasteiger partial charge in [-0.05, 0) is 92.1 Å². The van der Waals surface area contributed by atoms with Crippen LogP contribution in [0.25, 0.3) is 0 Å². The van der Waals surface area contributed by atoms with Gasteiger partial charge in [0.05, 0.1) is 16.6 Å². The van der Waals surface area contributed by atoms with Gasteiger partial charge in [0, 0.05) is 11.6 Å². The molecule has 0 saturated heterocycles. The van der Waals surface area contributed by atoms with Crippen molar-refractivity contribution in [3.8, 4) is 0 Å². The Hall–Kier alpha value is -3.05. The number of anilines is 2. The molecule has 5 heteroatoms. The number of aryl methyl sites for hydroxylation is 4. The fourth-order valence-electron chi connectivity index (χ4n) is 5.19. The molecule has 2 N–H and O–H groups in total. The zero-order valence-electron chi connectivity index (χ0n) is 19.5. The standard InChI is InChI=1S/C28H30N2O2S/c1-17-8-10-19(3)24(14-17)28-23-7-5-6-22(23)25-16-21(12-13-26(25)29-28)33(31,32)30-27-15-18(2)9-11-20(27)4/h5-6,8-16,22-23,28-30H,7H2,1-4H3/t22-,23+,28-/m0/s1. The van der Waals surface area contributed by atoms with Crippen molar-refractivity contribution >= 4 is 21.4 Å². The van der Waals surface area contributed by atoms with Crippen LogP contribution >= 0.6 is 0 Å². The van der Waals surface area contributed by atoms with Crippen molar-refractivity contribution in [2.24, 2.45) is 5.92 Å². The summed E-state index contributed by atoms with van der Waals surface area (Å²) in [7, 11) is -3.69. The first kappa shape index (κ1) is 21.8. The van der Waals surface area contributed by atoms with Gasteiger partial charge in [-0.3, -0.25) is 4.72 Å². The molecule has 0 amide bonds. The molecule has 170 valence electrons. The summed E-state index contributed by atoms with van der Waals surface area (Å²) in [5, 5.41) is 3.74. The molecule has 0 spiro atoms. The topological polar surface area (TPSA) is 58.2 Å². The number of hydrogen-bond donors (Lipinski definition) is 2. The van der Waals surface area contributed by atoms with Crippen LogP contribution < -0.4 is 10.0 Å². The van der Waals surface area contributed by atoms with Crippen molar-refractivity contribution in [3.05, 3.63) is 100 Å². The monoisotopic (exact) mass is 458 g/mol. The van der Waals surface area contributed by atoms with Crippen molar-refractivity contribution in [3.63, 3.8) is 0 Å². The molecule has 3 aromatic rings. The Kier molecular flexibility index (Phi) is 5.32. The smallest absolute Gasteiger partial charge is 0.261 e. The maximum Gasteiger partial charge on any atom is 0.261 e. The molecular weight excluding hydrogens is 428 g/mol. The minimum absolute atomic E-state index is 0.196. The maximum absolute atomic E-state index is 13.3. The lowest BCUT2D eigenvalue weighted by atomic mass is 9.76. The summed E-state index contributed by atoms with van der Waals surface area (Å²) in [6.07, 6.45) is 5.46. The summed E-state index contributed by atoms with van der Waals surface area (Å²) in [4.78, 5) is 0.299. The zero-order chi connectivity index (χ0) is 23.3. The molecule has 0 fully saturated rings. The first-order valence-corrected chi connectivity index (χ1v) is 13.0. The molecule has 0 aromatic heterocycles. The Morgan fingerprint density at radius 2 is 1.58 bits per heavy atom. The third kappa shape index (κ3) is 3.95. The Labute approximate surface area is 196 Å². The minimum Gasteiger partial charge on any atom is -0.378 e. The molecule has 2 aliphatic rings. The Morgan fingerprint density at radius 1 is 0.848 bits per heavy atom. The van der Waals surface area contributed by atoms with E-state index in [9.17, 15) is 8.42 Å². The lowest BCUT2D eigenvalue weighted by Gasteiger charge is -2.38. The second kappa shape index (κ2) is 8.07. The minimum atomic E-state index is -3.69. The lowest BCUT2D eigenvalue weighted by molar-refractivity contribution is 0.424. The molecule has 0 radical (unpaired) electrons. The number of rotatable bonds is 4. The predicted molar refractivity (Wildman–Crippen MR) is 135 cm³/mol. The molecule has 3 aromatic carbocycles. The van der Waals surface area contributed by atoms with Crippen LogP contribution in [0.3, 0.4) is 0 Å². The van der Waals surface area contributed by atoms with E-state index in [4.69, 9.17) is 0 Å². The Morgan fingerprint density at radius 3 is 2.36 bits per heavy atom. The fraction of sp³-hybridized carbons (Fsp3) is 0.286. The summed E-state index contributed by atoms with van der Waals surface area (Å²) < 4.78 is 29.3. The van der Waals surface area contributed by atoms with Crippen LogP contribution in [0.15, 0.2) is 71.6 Å². The van der Waals surface area contributed by atoms with Gasteiger partial charge in [-0.15, -0.1) is 0 Å². The van der Waals surface area contributed by atoms with Crippen molar-refractivity contribution in [1.29, 1.82) is 0 Å². The van der Waals surface area contributed by atoms with Crippen LogP contribution in [0, 0.1) is 33.6 Å². The van der Waals surface area contributed by atoms with E-state index >= 15 is 0 Å². The second-order valence-corrected chi connectivity index (χ2v) is 11.2. The molecule has 1 aliphatic carbocycles.